The number of hydrogen-bond acceptors (Lipinski definition) is 1. The summed E-state index contributed by atoms with van der Waals surface area (Å²) < 4.78 is 0.935. The van der Waals surface area contributed by atoms with Crippen LogP contribution in [0.4, 0.5) is 0 Å². The summed E-state index contributed by atoms with van der Waals surface area (Å²) in [6.45, 7) is 2.02. The molecule has 2 nitrogen and oxygen atoms in total. The number of hydrogen-bond donors (Lipinski definition) is 2. The van der Waals surface area contributed by atoms with Gasteiger partial charge in [0.25, 0.3) is 0 Å². The molecule has 1 heterocycles. The standard InChI is InChI=1S/C12H12BrNO/c1-8-4-5-9(10(13)7-8)12(15)11-3-2-6-14-11/h2-7,12,14-15H,1H3. The van der Waals surface area contributed by atoms with Crippen LogP contribution in [0, 0.1) is 6.92 Å². The van der Waals surface area contributed by atoms with Gasteiger partial charge in [0.05, 0.1) is 0 Å². The zero-order chi connectivity index (χ0) is 10.8. The molecule has 0 saturated heterocycles. The Bertz CT molecular complexity index is 451. The fourth-order valence-electron chi connectivity index (χ4n) is 1.54. The van der Waals surface area contributed by atoms with Crippen LogP contribution < -0.4 is 0 Å². The second-order valence-corrected chi connectivity index (χ2v) is 4.41. The normalized spacial score (nSPS) is 12.7. The van der Waals surface area contributed by atoms with E-state index in [4.69, 9.17) is 0 Å². The first-order valence-corrected chi connectivity index (χ1v) is 5.55. The Labute approximate surface area is 97.1 Å². The highest BCUT2D eigenvalue weighted by molar-refractivity contribution is 9.10. The summed E-state index contributed by atoms with van der Waals surface area (Å²) in [5, 5.41) is 10.1. The lowest BCUT2D eigenvalue weighted by molar-refractivity contribution is 0.215. The minimum Gasteiger partial charge on any atom is -0.382 e. The van der Waals surface area contributed by atoms with Crippen LogP contribution in [0.1, 0.15) is 22.9 Å². The Balaban J connectivity index is 2.38. The summed E-state index contributed by atoms with van der Waals surface area (Å²) in [6.07, 6.45) is 1.20. The molecular weight excluding hydrogens is 254 g/mol. The third-order valence-electron chi connectivity index (χ3n) is 2.37. The number of aromatic amines is 1. The minimum atomic E-state index is -0.602. The molecule has 0 spiro atoms. The van der Waals surface area contributed by atoms with E-state index >= 15 is 0 Å². The van der Waals surface area contributed by atoms with Crippen molar-refractivity contribution in [3.63, 3.8) is 0 Å². The third-order valence-corrected chi connectivity index (χ3v) is 3.05. The lowest BCUT2D eigenvalue weighted by Crippen LogP contribution is -2.00. The van der Waals surface area contributed by atoms with Gasteiger partial charge >= 0.3 is 0 Å². The van der Waals surface area contributed by atoms with Crippen LogP contribution in [0.15, 0.2) is 41.0 Å². The number of H-pyrrole nitrogens is 1. The molecule has 2 rings (SSSR count). The average Bonchev–Trinajstić information content (AvgIpc) is 2.69. The van der Waals surface area contributed by atoms with Crippen molar-refractivity contribution in [1.29, 1.82) is 0 Å². The van der Waals surface area contributed by atoms with Crippen molar-refractivity contribution in [3.8, 4) is 0 Å². The summed E-state index contributed by atoms with van der Waals surface area (Å²) in [6, 6.07) is 9.68. The van der Waals surface area contributed by atoms with E-state index in [0.717, 1.165) is 15.7 Å². The molecule has 0 aliphatic carbocycles. The molecule has 1 aromatic heterocycles. The van der Waals surface area contributed by atoms with Crippen LogP contribution in [0.3, 0.4) is 0 Å². The number of rotatable bonds is 2. The summed E-state index contributed by atoms with van der Waals surface area (Å²) in [5.41, 5.74) is 2.85. The Morgan fingerprint density at radius 3 is 2.73 bits per heavy atom. The molecule has 0 saturated carbocycles. The molecule has 1 unspecified atom stereocenters. The van der Waals surface area contributed by atoms with Gasteiger partial charge in [-0.1, -0.05) is 28.1 Å². The number of benzene rings is 1. The number of nitrogens with one attached hydrogen (secondary N) is 1. The summed E-state index contributed by atoms with van der Waals surface area (Å²) >= 11 is 3.46. The number of aryl methyl sites for hydroxylation is 1. The number of aliphatic hydroxyl groups excluding tert-OH is 1. The van der Waals surface area contributed by atoms with Gasteiger partial charge in [-0.2, -0.15) is 0 Å². The van der Waals surface area contributed by atoms with E-state index in [-0.39, 0.29) is 0 Å². The largest absolute Gasteiger partial charge is 0.382 e. The molecule has 0 bridgehead atoms. The molecule has 0 radical (unpaired) electrons. The summed E-state index contributed by atoms with van der Waals surface area (Å²) in [5.74, 6) is 0. The zero-order valence-corrected chi connectivity index (χ0v) is 9.95. The maximum absolute atomic E-state index is 10.1. The quantitative estimate of drug-likeness (QED) is 0.860. The maximum atomic E-state index is 10.1. The van der Waals surface area contributed by atoms with Gasteiger partial charge in [-0.25, -0.2) is 0 Å². The molecular formula is C12H12BrNO. The van der Waals surface area contributed by atoms with Crippen molar-refractivity contribution < 1.29 is 5.11 Å². The van der Waals surface area contributed by atoms with E-state index in [1.807, 2.05) is 37.3 Å². The van der Waals surface area contributed by atoms with Crippen molar-refractivity contribution in [2.75, 3.05) is 0 Å². The molecule has 2 aromatic rings. The summed E-state index contributed by atoms with van der Waals surface area (Å²) in [7, 11) is 0. The molecule has 1 atom stereocenters. The topological polar surface area (TPSA) is 36.0 Å². The number of aromatic nitrogens is 1. The van der Waals surface area contributed by atoms with Gasteiger partial charge in [-0.15, -0.1) is 0 Å². The van der Waals surface area contributed by atoms with Crippen LogP contribution in [0.25, 0.3) is 0 Å². The monoisotopic (exact) mass is 265 g/mol. The predicted molar refractivity (Wildman–Crippen MR) is 63.7 cm³/mol. The summed E-state index contributed by atoms with van der Waals surface area (Å²) in [4.78, 5) is 3.01. The van der Waals surface area contributed by atoms with Crippen LogP contribution >= 0.6 is 15.9 Å². The molecule has 0 aliphatic rings. The lowest BCUT2D eigenvalue weighted by atomic mass is 10.1. The van der Waals surface area contributed by atoms with Gasteiger partial charge in [-0.05, 0) is 30.7 Å². The van der Waals surface area contributed by atoms with Crippen molar-refractivity contribution >= 4 is 15.9 Å². The van der Waals surface area contributed by atoms with Crippen molar-refractivity contribution in [3.05, 3.63) is 57.8 Å². The highest BCUT2D eigenvalue weighted by atomic mass is 79.9. The van der Waals surface area contributed by atoms with Gasteiger partial charge in [0.15, 0.2) is 0 Å². The molecule has 15 heavy (non-hydrogen) atoms. The third kappa shape index (κ3) is 2.13. The Kier molecular flexibility index (Phi) is 2.93. The molecule has 0 amide bonds. The van der Waals surface area contributed by atoms with E-state index in [9.17, 15) is 5.11 Å². The molecule has 2 N–H and O–H groups in total. The minimum absolute atomic E-state index is 0.602. The SMILES string of the molecule is Cc1ccc(C(O)c2ccc[nH]2)c(Br)c1. The van der Waals surface area contributed by atoms with Crippen LogP contribution in [0.2, 0.25) is 0 Å². The van der Waals surface area contributed by atoms with Gasteiger partial charge in [0.1, 0.15) is 6.10 Å². The van der Waals surface area contributed by atoms with E-state index in [2.05, 4.69) is 20.9 Å². The van der Waals surface area contributed by atoms with Crippen molar-refractivity contribution in [2.24, 2.45) is 0 Å². The number of aliphatic hydroxyl groups is 1. The second-order valence-electron chi connectivity index (χ2n) is 3.55. The highest BCUT2D eigenvalue weighted by Gasteiger charge is 2.13. The van der Waals surface area contributed by atoms with Gasteiger partial charge in [-0.3, -0.25) is 0 Å². The Morgan fingerprint density at radius 1 is 1.33 bits per heavy atom. The second kappa shape index (κ2) is 4.21. The first kappa shape index (κ1) is 10.5. The van der Waals surface area contributed by atoms with E-state index < -0.39 is 6.10 Å². The van der Waals surface area contributed by atoms with E-state index in [0.29, 0.717) is 0 Å². The van der Waals surface area contributed by atoms with E-state index in [1.54, 1.807) is 6.20 Å². The van der Waals surface area contributed by atoms with Crippen LogP contribution in [-0.4, -0.2) is 10.1 Å². The van der Waals surface area contributed by atoms with Gasteiger partial charge < -0.3 is 10.1 Å². The fourth-order valence-corrected chi connectivity index (χ4v) is 2.25. The molecule has 1 aromatic carbocycles. The Morgan fingerprint density at radius 2 is 2.13 bits per heavy atom. The van der Waals surface area contributed by atoms with Crippen LogP contribution in [0.5, 0.6) is 0 Å². The predicted octanol–water partition coefficient (Wildman–Crippen LogP) is 3.17. The van der Waals surface area contributed by atoms with Crippen LogP contribution in [-0.2, 0) is 0 Å². The first-order chi connectivity index (χ1) is 7.18. The van der Waals surface area contributed by atoms with Gasteiger partial charge in [0.2, 0.25) is 0 Å². The number of halogens is 1. The molecule has 0 aliphatic heterocycles. The van der Waals surface area contributed by atoms with Crippen molar-refractivity contribution in [2.45, 2.75) is 13.0 Å². The lowest BCUT2D eigenvalue weighted by Gasteiger charge is -2.11. The fraction of sp³-hybridized carbons (Fsp3) is 0.167. The first-order valence-electron chi connectivity index (χ1n) is 4.76. The average molecular weight is 266 g/mol. The van der Waals surface area contributed by atoms with Crippen molar-refractivity contribution in [1.82, 2.24) is 4.98 Å². The molecule has 78 valence electrons. The zero-order valence-electron chi connectivity index (χ0n) is 8.37. The molecule has 0 fully saturated rings. The van der Waals surface area contributed by atoms with E-state index in [1.165, 1.54) is 5.56 Å². The smallest absolute Gasteiger partial charge is 0.120 e. The van der Waals surface area contributed by atoms with Gasteiger partial charge in [0, 0.05) is 21.9 Å². The maximum Gasteiger partial charge on any atom is 0.120 e. The highest BCUT2D eigenvalue weighted by Crippen LogP contribution is 2.28. The Hall–Kier alpha value is -1.06. The molecule has 3 heteroatoms.